The summed E-state index contributed by atoms with van der Waals surface area (Å²) in [7, 11) is 0. The quantitative estimate of drug-likeness (QED) is 0.732. The molecule has 0 saturated carbocycles. The fraction of sp³-hybridized carbons (Fsp3) is 0.125. The third-order valence-corrected chi connectivity index (χ3v) is 2.56. The van der Waals surface area contributed by atoms with Crippen molar-refractivity contribution in [3.63, 3.8) is 0 Å². The van der Waals surface area contributed by atoms with Gasteiger partial charge in [-0.3, -0.25) is 0 Å². The molecule has 0 aliphatic carbocycles. The first-order valence-electron chi connectivity index (χ1n) is 3.52. The zero-order valence-electron chi connectivity index (χ0n) is 6.57. The first-order valence-corrected chi connectivity index (χ1v) is 4.46. The van der Waals surface area contributed by atoms with Gasteiger partial charge >= 0.3 is 0 Å². The van der Waals surface area contributed by atoms with Crippen LogP contribution in [0.4, 0.5) is 5.69 Å². The van der Waals surface area contributed by atoms with Crippen LogP contribution in [-0.4, -0.2) is 5.16 Å². The van der Waals surface area contributed by atoms with Crippen molar-refractivity contribution in [2.24, 2.45) is 0 Å². The van der Waals surface area contributed by atoms with Crippen LogP contribution in [0.5, 0.6) is 0 Å². The second-order valence-corrected chi connectivity index (χ2v) is 3.32. The number of nitrogen functional groups attached to an aromatic ring is 1. The maximum atomic E-state index is 5.65. The molecule has 0 bridgehead atoms. The Bertz CT molecular complexity index is 353. The Morgan fingerprint density at radius 3 is 2.83 bits per heavy atom. The van der Waals surface area contributed by atoms with E-state index in [9.17, 15) is 0 Å². The summed E-state index contributed by atoms with van der Waals surface area (Å²) >= 11 is 1.63. The van der Waals surface area contributed by atoms with Crippen LogP contribution in [0.25, 0.3) is 11.3 Å². The molecule has 0 aliphatic heterocycles. The lowest BCUT2D eigenvalue weighted by atomic mass is 10.1. The van der Waals surface area contributed by atoms with E-state index in [1.807, 2.05) is 12.3 Å². The van der Waals surface area contributed by atoms with Crippen molar-refractivity contribution in [2.75, 3.05) is 5.73 Å². The summed E-state index contributed by atoms with van der Waals surface area (Å²) in [5, 5.41) is 7.68. The van der Waals surface area contributed by atoms with Gasteiger partial charge in [0.1, 0.15) is 5.69 Å². The van der Waals surface area contributed by atoms with Crippen LogP contribution in [0.15, 0.2) is 21.5 Å². The van der Waals surface area contributed by atoms with Crippen molar-refractivity contribution < 1.29 is 4.52 Å². The van der Waals surface area contributed by atoms with Gasteiger partial charge in [-0.25, -0.2) is 0 Å². The molecule has 0 spiro atoms. The molecule has 0 unspecified atom stereocenters. The van der Waals surface area contributed by atoms with Crippen molar-refractivity contribution in [2.45, 2.75) is 6.92 Å². The zero-order valence-corrected chi connectivity index (χ0v) is 7.39. The van der Waals surface area contributed by atoms with E-state index in [-0.39, 0.29) is 0 Å². The van der Waals surface area contributed by atoms with Gasteiger partial charge in [-0.05, 0) is 17.9 Å². The molecule has 2 rings (SSSR count). The second kappa shape index (κ2) is 2.64. The highest BCUT2D eigenvalue weighted by atomic mass is 32.1. The molecule has 0 amide bonds. The van der Waals surface area contributed by atoms with E-state index in [1.54, 1.807) is 11.3 Å². The minimum atomic E-state index is 0.594. The van der Waals surface area contributed by atoms with Crippen LogP contribution < -0.4 is 5.73 Å². The molecule has 4 heteroatoms. The van der Waals surface area contributed by atoms with Crippen molar-refractivity contribution in [1.82, 2.24) is 5.16 Å². The Balaban J connectivity index is 2.57. The average molecular weight is 180 g/mol. The summed E-state index contributed by atoms with van der Waals surface area (Å²) in [6, 6.07) is 0. The van der Waals surface area contributed by atoms with E-state index in [1.165, 1.54) is 11.8 Å². The zero-order chi connectivity index (χ0) is 8.55. The van der Waals surface area contributed by atoms with Crippen LogP contribution in [-0.2, 0) is 0 Å². The third kappa shape index (κ3) is 1.00. The molecule has 2 heterocycles. The highest BCUT2D eigenvalue weighted by Crippen LogP contribution is 2.30. The van der Waals surface area contributed by atoms with E-state index in [0.29, 0.717) is 11.4 Å². The summed E-state index contributed by atoms with van der Waals surface area (Å²) in [6.07, 6.45) is 1.52. The second-order valence-electron chi connectivity index (χ2n) is 2.58. The molecule has 0 aliphatic rings. The monoisotopic (exact) mass is 180 g/mol. The van der Waals surface area contributed by atoms with Gasteiger partial charge < -0.3 is 10.3 Å². The molecule has 0 aromatic carbocycles. The Labute approximate surface area is 73.8 Å². The van der Waals surface area contributed by atoms with E-state index < -0.39 is 0 Å². The predicted octanol–water partition coefficient (Wildman–Crippen LogP) is 2.29. The van der Waals surface area contributed by atoms with Crippen LogP contribution in [0.1, 0.15) is 5.56 Å². The minimum absolute atomic E-state index is 0.594. The van der Waals surface area contributed by atoms with Gasteiger partial charge in [-0.2, -0.15) is 11.3 Å². The standard InChI is InChI=1S/C8H8N2OS/c1-5-3-12-4-6(5)8-7(9)2-10-11-8/h2-4H,9H2,1H3. The van der Waals surface area contributed by atoms with E-state index in [0.717, 1.165) is 5.56 Å². The topological polar surface area (TPSA) is 52.0 Å². The molecule has 0 saturated heterocycles. The molecule has 2 aromatic rings. The molecule has 3 nitrogen and oxygen atoms in total. The lowest BCUT2D eigenvalue weighted by Crippen LogP contribution is -1.83. The Morgan fingerprint density at radius 2 is 2.33 bits per heavy atom. The number of anilines is 1. The summed E-state index contributed by atoms with van der Waals surface area (Å²) < 4.78 is 5.02. The van der Waals surface area contributed by atoms with Gasteiger partial charge in [0.25, 0.3) is 0 Å². The van der Waals surface area contributed by atoms with Crippen LogP contribution in [0, 0.1) is 6.92 Å². The molecule has 0 atom stereocenters. The van der Waals surface area contributed by atoms with Gasteiger partial charge in [0.15, 0.2) is 5.76 Å². The molecule has 2 N–H and O–H groups in total. The molecule has 2 aromatic heterocycles. The molecule has 0 fully saturated rings. The van der Waals surface area contributed by atoms with Crippen LogP contribution >= 0.6 is 11.3 Å². The van der Waals surface area contributed by atoms with Gasteiger partial charge in [-0.15, -0.1) is 0 Å². The Hall–Kier alpha value is -1.29. The number of hydrogen-bond donors (Lipinski definition) is 1. The Kier molecular flexibility index (Phi) is 1.62. The predicted molar refractivity (Wildman–Crippen MR) is 49.0 cm³/mol. The number of nitrogens with zero attached hydrogens (tertiary/aromatic N) is 1. The van der Waals surface area contributed by atoms with Crippen LogP contribution in [0.2, 0.25) is 0 Å². The lowest BCUT2D eigenvalue weighted by molar-refractivity contribution is 0.432. The molecular weight excluding hydrogens is 172 g/mol. The van der Waals surface area contributed by atoms with Crippen molar-refractivity contribution in [1.29, 1.82) is 0 Å². The molecule has 12 heavy (non-hydrogen) atoms. The van der Waals surface area contributed by atoms with Crippen molar-refractivity contribution >= 4 is 17.0 Å². The maximum absolute atomic E-state index is 5.65. The smallest absolute Gasteiger partial charge is 0.190 e. The normalized spacial score (nSPS) is 10.4. The molecule has 62 valence electrons. The van der Waals surface area contributed by atoms with Crippen LogP contribution in [0.3, 0.4) is 0 Å². The molecular formula is C8H8N2OS. The fourth-order valence-electron chi connectivity index (χ4n) is 1.04. The van der Waals surface area contributed by atoms with E-state index in [2.05, 4.69) is 10.5 Å². The van der Waals surface area contributed by atoms with Gasteiger partial charge in [0.2, 0.25) is 0 Å². The summed E-state index contributed by atoms with van der Waals surface area (Å²) in [5.41, 5.74) is 8.45. The SMILES string of the molecule is Cc1cscc1-c1oncc1N. The summed E-state index contributed by atoms with van der Waals surface area (Å²) in [5.74, 6) is 0.675. The average Bonchev–Trinajstić information content (AvgIpc) is 2.59. The largest absolute Gasteiger partial charge is 0.394 e. The maximum Gasteiger partial charge on any atom is 0.190 e. The first kappa shape index (κ1) is 7.36. The Morgan fingerprint density at radius 1 is 1.50 bits per heavy atom. The van der Waals surface area contributed by atoms with Gasteiger partial charge in [0, 0.05) is 10.9 Å². The van der Waals surface area contributed by atoms with Crippen molar-refractivity contribution in [3.05, 3.63) is 22.5 Å². The van der Waals surface area contributed by atoms with E-state index in [4.69, 9.17) is 10.3 Å². The summed E-state index contributed by atoms with van der Waals surface area (Å²) in [4.78, 5) is 0. The minimum Gasteiger partial charge on any atom is -0.394 e. The number of rotatable bonds is 1. The number of hydrogen-bond acceptors (Lipinski definition) is 4. The highest BCUT2D eigenvalue weighted by Gasteiger charge is 2.10. The van der Waals surface area contributed by atoms with E-state index >= 15 is 0 Å². The lowest BCUT2D eigenvalue weighted by Gasteiger charge is -1.93. The first-order chi connectivity index (χ1) is 5.79. The van der Waals surface area contributed by atoms with Gasteiger partial charge in [-0.1, -0.05) is 5.16 Å². The summed E-state index contributed by atoms with van der Waals surface area (Å²) in [6.45, 7) is 2.02. The van der Waals surface area contributed by atoms with Gasteiger partial charge in [0.05, 0.1) is 6.20 Å². The third-order valence-electron chi connectivity index (χ3n) is 1.70. The van der Waals surface area contributed by atoms with Crippen molar-refractivity contribution in [3.8, 4) is 11.3 Å². The molecule has 0 radical (unpaired) electrons. The fourth-order valence-corrected chi connectivity index (χ4v) is 1.87. The number of nitrogens with two attached hydrogens (primary N) is 1. The highest BCUT2D eigenvalue weighted by molar-refractivity contribution is 7.08. The number of aryl methyl sites for hydroxylation is 1. The number of aromatic nitrogens is 1. The number of thiophene rings is 1.